The summed E-state index contributed by atoms with van der Waals surface area (Å²) in [6.07, 6.45) is 0. The summed E-state index contributed by atoms with van der Waals surface area (Å²) in [5.41, 5.74) is 0.487. The summed E-state index contributed by atoms with van der Waals surface area (Å²) in [5, 5.41) is 11.7. The number of hydrogen-bond acceptors (Lipinski definition) is 3. The molecule has 0 aromatic heterocycles. The summed E-state index contributed by atoms with van der Waals surface area (Å²) in [4.78, 5) is 24.6. The highest BCUT2D eigenvalue weighted by molar-refractivity contribution is 5.91. The normalized spacial score (nSPS) is 18.3. The van der Waals surface area contributed by atoms with Crippen LogP contribution in [-0.4, -0.2) is 35.6 Å². The van der Waals surface area contributed by atoms with E-state index < -0.39 is 11.5 Å². The van der Waals surface area contributed by atoms with Gasteiger partial charge in [-0.15, -0.1) is 0 Å². The van der Waals surface area contributed by atoms with Crippen LogP contribution < -0.4 is 10.2 Å². The maximum absolute atomic E-state index is 11.8. The minimum atomic E-state index is -0.947. The molecule has 2 N–H and O–H groups in total. The average molecular weight is 248 g/mol. The number of rotatable bonds is 2. The van der Waals surface area contributed by atoms with Gasteiger partial charge < -0.3 is 15.3 Å². The quantitative estimate of drug-likeness (QED) is 0.822. The molecule has 18 heavy (non-hydrogen) atoms. The number of hydrogen-bond donors (Lipinski definition) is 2. The third-order valence-corrected chi connectivity index (χ3v) is 3.28. The number of carboxylic acids is 1. The number of carbonyl (C=O) groups excluding carboxylic acids is 1. The molecule has 1 aromatic rings. The van der Waals surface area contributed by atoms with Gasteiger partial charge in [0.2, 0.25) is 5.91 Å². The van der Waals surface area contributed by atoms with Crippen LogP contribution in [0.3, 0.4) is 0 Å². The standard InChI is InChI=1S/C13H16N2O3/c1-13(2)12(18)14-7-8-15(13)10-5-3-9(4-6-10)11(16)17/h3-6H,7-8H2,1-2H3,(H,14,18)(H,16,17). The molecule has 1 heterocycles. The summed E-state index contributed by atoms with van der Waals surface area (Å²) in [5.74, 6) is -0.965. The smallest absolute Gasteiger partial charge is 0.335 e. The summed E-state index contributed by atoms with van der Waals surface area (Å²) in [7, 11) is 0. The molecular formula is C13H16N2O3. The second kappa shape index (κ2) is 4.33. The lowest BCUT2D eigenvalue weighted by Crippen LogP contribution is -2.62. The van der Waals surface area contributed by atoms with Crippen molar-refractivity contribution in [2.75, 3.05) is 18.0 Å². The maximum atomic E-state index is 11.8. The first-order valence-corrected chi connectivity index (χ1v) is 5.82. The SMILES string of the molecule is CC1(C)C(=O)NCCN1c1ccc(C(=O)O)cc1. The molecule has 5 nitrogen and oxygen atoms in total. The highest BCUT2D eigenvalue weighted by Gasteiger charge is 2.37. The molecule has 1 amide bonds. The van der Waals surface area contributed by atoms with E-state index in [1.807, 2.05) is 18.7 Å². The van der Waals surface area contributed by atoms with Gasteiger partial charge in [-0.05, 0) is 38.1 Å². The predicted molar refractivity (Wildman–Crippen MR) is 67.8 cm³/mol. The first kappa shape index (κ1) is 12.4. The third-order valence-electron chi connectivity index (χ3n) is 3.28. The molecule has 0 saturated carbocycles. The molecule has 0 bridgehead atoms. The predicted octanol–water partition coefficient (Wildman–Crippen LogP) is 1.10. The monoisotopic (exact) mass is 248 g/mol. The summed E-state index contributed by atoms with van der Waals surface area (Å²) >= 11 is 0. The van der Waals surface area contributed by atoms with Crippen LogP contribution in [0.2, 0.25) is 0 Å². The van der Waals surface area contributed by atoms with Crippen molar-refractivity contribution in [1.82, 2.24) is 5.32 Å². The molecule has 0 unspecified atom stereocenters. The number of amides is 1. The highest BCUT2D eigenvalue weighted by Crippen LogP contribution is 2.26. The second-order valence-corrected chi connectivity index (χ2v) is 4.82. The molecular weight excluding hydrogens is 232 g/mol. The van der Waals surface area contributed by atoms with Crippen LogP contribution in [0.5, 0.6) is 0 Å². The van der Waals surface area contributed by atoms with E-state index in [9.17, 15) is 9.59 Å². The average Bonchev–Trinajstić information content (AvgIpc) is 2.33. The fourth-order valence-electron chi connectivity index (χ4n) is 2.14. The Morgan fingerprint density at radius 1 is 1.33 bits per heavy atom. The van der Waals surface area contributed by atoms with E-state index in [0.29, 0.717) is 13.1 Å². The van der Waals surface area contributed by atoms with E-state index >= 15 is 0 Å². The number of benzene rings is 1. The van der Waals surface area contributed by atoms with Gasteiger partial charge in [0.15, 0.2) is 0 Å². The third kappa shape index (κ3) is 2.03. The molecule has 0 spiro atoms. The number of nitrogens with one attached hydrogen (secondary N) is 1. The van der Waals surface area contributed by atoms with Crippen LogP contribution in [0.1, 0.15) is 24.2 Å². The minimum absolute atomic E-state index is 0.0175. The van der Waals surface area contributed by atoms with E-state index in [1.54, 1.807) is 24.3 Å². The maximum Gasteiger partial charge on any atom is 0.335 e. The van der Waals surface area contributed by atoms with Crippen LogP contribution in [0.15, 0.2) is 24.3 Å². The van der Waals surface area contributed by atoms with E-state index in [0.717, 1.165) is 5.69 Å². The Balaban J connectivity index is 2.30. The van der Waals surface area contributed by atoms with Crippen molar-refractivity contribution in [3.63, 3.8) is 0 Å². The van der Waals surface area contributed by atoms with Crippen molar-refractivity contribution < 1.29 is 14.7 Å². The first-order valence-electron chi connectivity index (χ1n) is 5.82. The minimum Gasteiger partial charge on any atom is -0.478 e. The lowest BCUT2D eigenvalue weighted by molar-refractivity contribution is -0.126. The van der Waals surface area contributed by atoms with Crippen LogP contribution in [0.4, 0.5) is 5.69 Å². The molecule has 0 radical (unpaired) electrons. The fraction of sp³-hybridized carbons (Fsp3) is 0.385. The number of piperazine rings is 1. The fourth-order valence-corrected chi connectivity index (χ4v) is 2.14. The van der Waals surface area contributed by atoms with Crippen LogP contribution in [0, 0.1) is 0 Å². The Kier molecular flexibility index (Phi) is 2.98. The lowest BCUT2D eigenvalue weighted by atomic mass is 9.97. The molecule has 0 atom stereocenters. The van der Waals surface area contributed by atoms with Gasteiger partial charge in [0.1, 0.15) is 5.54 Å². The zero-order chi connectivity index (χ0) is 13.3. The van der Waals surface area contributed by atoms with Gasteiger partial charge in [-0.3, -0.25) is 4.79 Å². The van der Waals surface area contributed by atoms with Gasteiger partial charge in [-0.1, -0.05) is 0 Å². The zero-order valence-electron chi connectivity index (χ0n) is 10.4. The van der Waals surface area contributed by atoms with Crippen LogP contribution in [-0.2, 0) is 4.79 Å². The van der Waals surface area contributed by atoms with Crippen molar-refractivity contribution in [1.29, 1.82) is 0 Å². The van der Waals surface area contributed by atoms with Crippen molar-refractivity contribution in [3.8, 4) is 0 Å². The summed E-state index contributed by atoms with van der Waals surface area (Å²) < 4.78 is 0. The van der Waals surface area contributed by atoms with Gasteiger partial charge in [-0.2, -0.15) is 0 Å². The molecule has 2 rings (SSSR count). The van der Waals surface area contributed by atoms with Crippen molar-refractivity contribution in [2.45, 2.75) is 19.4 Å². The highest BCUT2D eigenvalue weighted by atomic mass is 16.4. The number of nitrogens with zero attached hydrogens (tertiary/aromatic N) is 1. The summed E-state index contributed by atoms with van der Waals surface area (Å²) in [6, 6.07) is 6.59. The zero-order valence-corrected chi connectivity index (χ0v) is 10.4. The van der Waals surface area contributed by atoms with E-state index in [2.05, 4.69) is 5.32 Å². The van der Waals surface area contributed by atoms with Gasteiger partial charge in [-0.25, -0.2) is 4.79 Å². The molecule has 1 aromatic carbocycles. The van der Waals surface area contributed by atoms with Gasteiger partial charge in [0.05, 0.1) is 5.56 Å². The van der Waals surface area contributed by atoms with E-state index in [-0.39, 0.29) is 11.5 Å². The lowest BCUT2D eigenvalue weighted by Gasteiger charge is -2.42. The molecule has 1 aliphatic rings. The number of aromatic carboxylic acids is 1. The molecule has 5 heteroatoms. The van der Waals surface area contributed by atoms with E-state index in [1.165, 1.54) is 0 Å². The Bertz CT molecular complexity index is 480. The van der Waals surface area contributed by atoms with Crippen molar-refractivity contribution >= 4 is 17.6 Å². The molecule has 1 fully saturated rings. The van der Waals surface area contributed by atoms with Gasteiger partial charge >= 0.3 is 5.97 Å². The Hall–Kier alpha value is -2.04. The first-order chi connectivity index (χ1) is 8.43. The topological polar surface area (TPSA) is 69.6 Å². The number of carboxylic acid groups (broad SMARTS) is 1. The van der Waals surface area contributed by atoms with E-state index in [4.69, 9.17) is 5.11 Å². The molecule has 96 valence electrons. The van der Waals surface area contributed by atoms with Crippen molar-refractivity contribution in [3.05, 3.63) is 29.8 Å². The Morgan fingerprint density at radius 2 is 1.94 bits per heavy atom. The van der Waals surface area contributed by atoms with Crippen LogP contribution in [0.25, 0.3) is 0 Å². The van der Waals surface area contributed by atoms with Crippen molar-refractivity contribution in [2.24, 2.45) is 0 Å². The summed E-state index contributed by atoms with van der Waals surface area (Å²) in [6.45, 7) is 5.02. The van der Waals surface area contributed by atoms with Gasteiger partial charge in [0, 0.05) is 18.8 Å². The Morgan fingerprint density at radius 3 is 2.50 bits per heavy atom. The Labute approximate surface area is 105 Å². The molecule has 0 aliphatic carbocycles. The molecule has 1 saturated heterocycles. The largest absolute Gasteiger partial charge is 0.478 e. The number of anilines is 1. The number of carbonyl (C=O) groups is 2. The second-order valence-electron chi connectivity index (χ2n) is 4.82. The van der Waals surface area contributed by atoms with Gasteiger partial charge in [0.25, 0.3) is 0 Å². The van der Waals surface area contributed by atoms with Crippen LogP contribution >= 0.6 is 0 Å². The molecule has 1 aliphatic heterocycles.